The van der Waals surface area contributed by atoms with Crippen LogP contribution in [0.4, 0.5) is 5.69 Å². The van der Waals surface area contributed by atoms with Crippen LogP contribution in [-0.4, -0.2) is 29.3 Å². The number of para-hydroxylation sites is 1. The van der Waals surface area contributed by atoms with Gasteiger partial charge in [-0.2, -0.15) is 0 Å². The van der Waals surface area contributed by atoms with Crippen LogP contribution in [0.2, 0.25) is 0 Å². The van der Waals surface area contributed by atoms with Gasteiger partial charge in [0.2, 0.25) is 5.91 Å². The molecule has 0 saturated carbocycles. The molecule has 140 valence electrons. The lowest BCUT2D eigenvalue weighted by Crippen LogP contribution is -2.44. The van der Waals surface area contributed by atoms with Crippen LogP contribution in [0.25, 0.3) is 0 Å². The number of aromatic nitrogens is 1. The average Bonchev–Trinajstić information content (AvgIpc) is 3.23. The van der Waals surface area contributed by atoms with Gasteiger partial charge in [0.15, 0.2) is 5.76 Å². The molecule has 1 aliphatic heterocycles. The van der Waals surface area contributed by atoms with Crippen LogP contribution in [0.1, 0.15) is 44.7 Å². The Hall–Kier alpha value is -2.34. The zero-order valence-corrected chi connectivity index (χ0v) is 15.9. The van der Waals surface area contributed by atoms with E-state index in [0.717, 1.165) is 18.7 Å². The number of benzene rings is 1. The first kappa shape index (κ1) is 18.5. The molecule has 1 unspecified atom stereocenters. The third-order valence-corrected chi connectivity index (χ3v) is 4.47. The molecule has 1 aromatic heterocycles. The van der Waals surface area contributed by atoms with Gasteiger partial charge in [-0.1, -0.05) is 23.4 Å². The van der Waals surface area contributed by atoms with Crippen molar-refractivity contribution in [1.82, 2.24) is 10.5 Å². The third-order valence-electron chi connectivity index (χ3n) is 4.47. The smallest absolute Gasteiger partial charge is 0.242 e. The van der Waals surface area contributed by atoms with Crippen molar-refractivity contribution in [2.24, 2.45) is 0 Å². The summed E-state index contributed by atoms with van der Waals surface area (Å²) in [4.78, 5) is 14.7. The Bertz CT molecular complexity index is 764. The fourth-order valence-corrected chi connectivity index (χ4v) is 3.03. The summed E-state index contributed by atoms with van der Waals surface area (Å²) in [5.74, 6) is 0.642. The van der Waals surface area contributed by atoms with E-state index in [1.54, 1.807) is 0 Å². The molecule has 0 saturated heterocycles. The van der Waals surface area contributed by atoms with Gasteiger partial charge in [0.25, 0.3) is 0 Å². The van der Waals surface area contributed by atoms with Crippen molar-refractivity contribution in [3.8, 4) is 0 Å². The topological polar surface area (TPSA) is 67.6 Å². The number of anilines is 1. The van der Waals surface area contributed by atoms with Gasteiger partial charge >= 0.3 is 0 Å². The standard InChI is InChI=1S/C20H27N3O3/c1-14(23-10-9-15-7-5-6-8-18(15)23)19(24)21-12-16-11-17(26-22-16)13-25-20(2,3)4/h5-8,11,14H,9-10,12-13H2,1-4H3,(H,21,24). The molecule has 6 heteroatoms. The van der Waals surface area contributed by atoms with E-state index in [0.29, 0.717) is 24.6 Å². The van der Waals surface area contributed by atoms with E-state index in [4.69, 9.17) is 9.26 Å². The fraction of sp³-hybridized carbons (Fsp3) is 0.500. The molecule has 1 aromatic carbocycles. The van der Waals surface area contributed by atoms with Crippen molar-refractivity contribution in [2.45, 2.75) is 58.9 Å². The quantitative estimate of drug-likeness (QED) is 0.861. The Labute approximate surface area is 154 Å². The van der Waals surface area contributed by atoms with Crippen LogP contribution in [-0.2, 0) is 29.1 Å². The van der Waals surface area contributed by atoms with Gasteiger partial charge in [-0.05, 0) is 45.7 Å². The van der Waals surface area contributed by atoms with Crippen molar-refractivity contribution in [3.05, 3.63) is 47.3 Å². The van der Waals surface area contributed by atoms with E-state index in [-0.39, 0.29) is 17.6 Å². The van der Waals surface area contributed by atoms with Gasteiger partial charge in [0.05, 0.1) is 12.1 Å². The molecule has 6 nitrogen and oxygen atoms in total. The van der Waals surface area contributed by atoms with Crippen LogP contribution in [0, 0.1) is 0 Å². The maximum atomic E-state index is 12.5. The lowest BCUT2D eigenvalue weighted by molar-refractivity contribution is -0.122. The van der Waals surface area contributed by atoms with E-state index in [9.17, 15) is 4.79 Å². The largest absolute Gasteiger partial charge is 0.368 e. The zero-order chi connectivity index (χ0) is 18.7. The summed E-state index contributed by atoms with van der Waals surface area (Å²) < 4.78 is 10.9. The second-order valence-electron chi connectivity index (χ2n) is 7.65. The first-order valence-electron chi connectivity index (χ1n) is 9.04. The van der Waals surface area contributed by atoms with Gasteiger partial charge in [-0.15, -0.1) is 0 Å². The highest BCUT2D eigenvalue weighted by molar-refractivity contribution is 5.85. The van der Waals surface area contributed by atoms with E-state index in [2.05, 4.69) is 27.5 Å². The number of carbonyl (C=O) groups excluding carboxylic acids is 1. The van der Waals surface area contributed by atoms with E-state index in [1.165, 1.54) is 5.56 Å². The Morgan fingerprint density at radius 1 is 1.38 bits per heavy atom. The summed E-state index contributed by atoms with van der Waals surface area (Å²) in [7, 11) is 0. The first-order chi connectivity index (χ1) is 12.3. The number of fused-ring (bicyclic) bond motifs is 1. The molecular weight excluding hydrogens is 330 g/mol. The Morgan fingerprint density at radius 2 is 2.15 bits per heavy atom. The van der Waals surface area contributed by atoms with Crippen LogP contribution in [0.15, 0.2) is 34.9 Å². The summed E-state index contributed by atoms with van der Waals surface area (Å²) in [5.41, 5.74) is 2.91. The second kappa shape index (κ2) is 7.50. The van der Waals surface area contributed by atoms with Crippen LogP contribution in [0.3, 0.4) is 0 Å². The maximum Gasteiger partial charge on any atom is 0.242 e. The molecule has 0 radical (unpaired) electrons. The fourth-order valence-electron chi connectivity index (χ4n) is 3.03. The molecule has 0 aliphatic carbocycles. The van der Waals surface area contributed by atoms with Crippen LogP contribution in [0.5, 0.6) is 0 Å². The zero-order valence-electron chi connectivity index (χ0n) is 15.9. The molecule has 0 fully saturated rings. The first-order valence-corrected chi connectivity index (χ1v) is 9.04. The normalized spacial score (nSPS) is 15.0. The van der Waals surface area contributed by atoms with Crippen molar-refractivity contribution < 1.29 is 14.1 Å². The van der Waals surface area contributed by atoms with Crippen LogP contribution < -0.4 is 10.2 Å². The molecule has 1 aliphatic rings. The maximum absolute atomic E-state index is 12.5. The van der Waals surface area contributed by atoms with Crippen molar-refractivity contribution in [2.75, 3.05) is 11.4 Å². The van der Waals surface area contributed by atoms with Gasteiger partial charge < -0.3 is 19.5 Å². The van der Waals surface area contributed by atoms with Crippen molar-refractivity contribution in [1.29, 1.82) is 0 Å². The Balaban J connectivity index is 1.52. The number of hydrogen-bond donors (Lipinski definition) is 1. The van der Waals surface area contributed by atoms with Crippen molar-refractivity contribution in [3.63, 3.8) is 0 Å². The lowest BCUT2D eigenvalue weighted by atomic mass is 10.1. The van der Waals surface area contributed by atoms with Crippen LogP contribution >= 0.6 is 0 Å². The highest BCUT2D eigenvalue weighted by Crippen LogP contribution is 2.29. The number of nitrogens with one attached hydrogen (secondary N) is 1. The number of amides is 1. The summed E-state index contributed by atoms with van der Waals surface area (Å²) >= 11 is 0. The third kappa shape index (κ3) is 4.43. The van der Waals surface area contributed by atoms with Gasteiger partial charge in [-0.3, -0.25) is 4.79 Å². The van der Waals surface area contributed by atoms with E-state index in [1.807, 2.05) is 45.9 Å². The summed E-state index contributed by atoms with van der Waals surface area (Å²) in [5, 5.41) is 6.95. The van der Waals surface area contributed by atoms with E-state index >= 15 is 0 Å². The number of rotatable bonds is 6. The molecule has 2 aromatic rings. The minimum absolute atomic E-state index is 0.0165. The number of ether oxygens (including phenoxy) is 1. The monoisotopic (exact) mass is 357 g/mol. The molecule has 3 rings (SSSR count). The number of carbonyl (C=O) groups is 1. The second-order valence-corrected chi connectivity index (χ2v) is 7.65. The molecule has 0 bridgehead atoms. The summed E-state index contributed by atoms with van der Waals surface area (Å²) in [6.07, 6.45) is 0.980. The SMILES string of the molecule is CC(C(=O)NCc1cc(COC(C)(C)C)on1)N1CCc2ccccc21. The summed E-state index contributed by atoms with van der Waals surface area (Å²) in [6.45, 7) is 9.48. The molecule has 1 N–H and O–H groups in total. The Morgan fingerprint density at radius 3 is 2.92 bits per heavy atom. The number of hydrogen-bond acceptors (Lipinski definition) is 5. The summed E-state index contributed by atoms with van der Waals surface area (Å²) in [6, 6.07) is 9.84. The number of nitrogens with zero attached hydrogens (tertiary/aromatic N) is 2. The lowest BCUT2D eigenvalue weighted by Gasteiger charge is -2.26. The predicted octanol–water partition coefficient (Wildman–Crippen LogP) is 3.06. The highest BCUT2D eigenvalue weighted by Gasteiger charge is 2.27. The van der Waals surface area contributed by atoms with Gasteiger partial charge in [0.1, 0.15) is 18.3 Å². The molecule has 1 atom stereocenters. The average molecular weight is 357 g/mol. The minimum atomic E-state index is -0.234. The van der Waals surface area contributed by atoms with Crippen molar-refractivity contribution >= 4 is 11.6 Å². The Kier molecular flexibility index (Phi) is 5.32. The molecule has 26 heavy (non-hydrogen) atoms. The molecule has 0 spiro atoms. The van der Waals surface area contributed by atoms with Gasteiger partial charge in [-0.25, -0.2) is 0 Å². The molecule has 2 heterocycles. The van der Waals surface area contributed by atoms with E-state index < -0.39 is 0 Å². The highest BCUT2D eigenvalue weighted by atomic mass is 16.5. The minimum Gasteiger partial charge on any atom is -0.368 e. The molecule has 1 amide bonds. The molecular formula is C20H27N3O3. The van der Waals surface area contributed by atoms with Gasteiger partial charge in [0, 0.05) is 18.3 Å². The predicted molar refractivity (Wildman–Crippen MR) is 99.8 cm³/mol.